The molecule has 24 heavy (non-hydrogen) atoms. The Morgan fingerprint density at radius 2 is 2.25 bits per heavy atom. The number of nitrogens with one attached hydrogen (secondary N) is 1. The van der Waals surface area contributed by atoms with Gasteiger partial charge in [0.1, 0.15) is 4.21 Å². The van der Waals surface area contributed by atoms with Gasteiger partial charge in [-0.1, -0.05) is 0 Å². The van der Waals surface area contributed by atoms with E-state index in [2.05, 4.69) is 5.32 Å². The highest BCUT2D eigenvalue weighted by Crippen LogP contribution is 2.28. The third kappa shape index (κ3) is 3.71. The molecule has 8 heteroatoms. The van der Waals surface area contributed by atoms with Gasteiger partial charge in [0.2, 0.25) is 0 Å². The zero-order chi connectivity index (χ0) is 17.2. The van der Waals surface area contributed by atoms with Crippen molar-refractivity contribution < 1.29 is 17.6 Å². The van der Waals surface area contributed by atoms with E-state index in [1.54, 1.807) is 18.2 Å². The Hall–Kier alpha value is -1.64. The summed E-state index contributed by atoms with van der Waals surface area (Å²) in [4.78, 5) is 12.9. The third-order valence-electron chi connectivity index (χ3n) is 4.09. The molecule has 1 saturated heterocycles. The molecule has 1 atom stereocenters. The van der Waals surface area contributed by atoms with Crippen molar-refractivity contribution in [3.05, 3.63) is 41.2 Å². The van der Waals surface area contributed by atoms with Gasteiger partial charge in [-0.15, -0.1) is 11.3 Å². The quantitative estimate of drug-likeness (QED) is 0.879. The van der Waals surface area contributed by atoms with Crippen LogP contribution in [-0.2, 0) is 10.0 Å². The summed E-state index contributed by atoms with van der Waals surface area (Å²) >= 11 is 1.29. The summed E-state index contributed by atoms with van der Waals surface area (Å²) in [6, 6.07) is 6.75. The van der Waals surface area contributed by atoms with Crippen LogP contribution in [0, 0.1) is 12.8 Å². The molecule has 0 aliphatic carbocycles. The number of rotatable bonds is 5. The molecule has 3 heterocycles. The Labute approximate surface area is 145 Å². The average molecular weight is 368 g/mol. The Balaban J connectivity index is 1.61. The molecule has 0 saturated carbocycles. The van der Waals surface area contributed by atoms with Gasteiger partial charge in [-0.2, -0.15) is 4.31 Å². The van der Waals surface area contributed by atoms with E-state index in [1.165, 1.54) is 21.9 Å². The summed E-state index contributed by atoms with van der Waals surface area (Å²) in [6.07, 6.45) is 3.14. The molecule has 0 unspecified atom stereocenters. The second kappa shape index (κ2) is 7.08. The van der Waals surface area contributed by atoms with Crippen LogP contribution in [0.4, 0.5) is 0 Å². The van der Waals surface area contributed by atoms with Crippen molar-refractivity contribution in [3.8, 4) is 0 Å². The largest absolute Gasteiger partial charge is 0.459 e. The number of amides is 1. The highest BCUT2D eigenvalue weighted by Gasteiger charge is 2.31. The lowest BCUT2D eigenvalue weighted by Crippen LogP contribution is -2.43. The topological polar surface area (TPSA) is 79.6 Å². The van der Waals surface area contributed by atoms with Gasteiger partial charge in [-0.25, -0.2) is 8.42 Å². The number of piperidine rings is 1. The summed E-state index contributed by atoms with van der Waals surface area (Å²) in [5.74, 6) is 0.103. The first-order valence-corrected chi connectivity index (χ1v) is 10.1. The molecule has 3 rings (SSSR count). The number of carbonyl (C=O) groups excluding carboxylic acids is 1. The smallest absolute Gasteiger partial charge is 0.286 e. The molecular weight excluding hydrogens is 348 g/mol. The Kier molecular flexibility index (Phi) is 5.07. The van der Waals surface area contributed by atoms with Gasteiger partial charge in [0.05, 0.1) is 6.26 Å². The molecule has 1 aliphatic heterocycles. The number of carbonyl (C=O) groups is 1. The lowest BCUT2D eigenvalue weighted by atomic mass is 10.00. The van der Waals surface area contributed by atoms with Gasteiger partial charge in [0, 0.05) is 24.5 Å². The van der Waals surface area contributed by atoms with Crippen LogP contribution in [0.1, 0.15) is 28.3 Å². The minimum atomic E-state index is -3.44. The first-order valence-electron chi connectivity index (χ1n) is 7.85. The molecule has 0 bridgehead atoms. The van der Waals surface area contributed by atoms with E-state index in [9.17, 15) is 13.2 Å². The van der Waals surface area contributed by atoms with Crippen molar-refractivity contribution in [1.82, 2.24) is 9.62 Å². The molecule has 2 aromatic rings. The Morgan fingerprint density at radius 1 is 1.42 bits per heavy atom. The van der Waals surface area contributed by atoms with Crippen molar-refractivity contribution in [3.63, 3.8) is 0 Å². The molecule has 1 aliphatic rings. The zero-order valence-corrected chi connectivity index (χ0v) is 15.0. The van der Waals surface area contributed by atoms with E-state index in [4.69, 9.17) is 4.42 Å². The van der Waals surface area contributed by atoms with Gasteiger partial charge < -0.3 is 9.73 Å². The molecule has 0 aromatic carbocycles. The maximum atomic E-state index is 12.7. The van der Waals surface area contributed by atoms with Gasteiger partial charge in [-0.05, 0) is 49.9 Å². The van der Waals surface area contributed by atoms with Crippen LogP contribution in [0.5, 0.6) is 0 Å². The number of thiophene rings is 1. The first kappa shape index (κ1) is 17.2. The summed E-state index contributed by atoms with van der Waals surface area (Å²) in [6.45, 7) is 3.29. The van der Waals surface area contributed by atoms with Crippen molar-refractivity contribution in [2.75, 3.05) is 19.6 Å². The van der Waals surface area contributed by atoms with Crippen molar-refractivity contribution >= 4 is 27.3 Å². The van der Waals surface area contributed by atoms with Crippen molar-refractivity contribution in [2.24, 2.45) is 5.92 Å². The summed E-state index contributed by atoms with van der Waals surface area (Å²) < 4.78 is 32.4. The van der Waals surface area contributed by atoms with Gasteiger partial charge in [0.25, 0.3) is 15.9 Å². The summed E-state index contributed by atoms with van der Waals surface area (Å²) in [5.41, 5.74) is 0. The fraction of sp³-hybridized carbons (Fsp3) is 0.438. The van der Waals surface area contributed by atoms with Crippen LogP contribution in [0.2, 0.25) is 0 Å². The lowest BCUT2D eigenvalue weighted by Gasteiger charge is -2.31. The number of hydrogen-bond acceptors (Lipinski definition) is 5. The number of sulfonamides is 1. The highest BCUT2D eigenvalue weighted by atomic mass is 32.2. The fourth-order valence-electron chi connectivity index (χ4n) is 2.82. The first-order chi connectivity index (χ1) is 11.5. The van der Waals surface area contributed by atoms with Gasteiger partial charge in [0.15, 0.2) is 5.76 Å². The Bertz CT molecular complexity index is 796. The molecule has 0 spiro atoms. The third-order valence-corrected chi connectivity index (χ3v) is 7.42. The van der Waals surface area contributed by atoms with E-state index in [1.807, 2.05) is 13.0 Å². The van der Waals surface area contributed by atoms with Crippen LogP contribution in [0.3, 0.4) is 0 Å². The second-order valence-corrected chi connectivity index (χ2v) is 9.38. The van der Waals surface area contributed by atoms with E-state index in [-0.39, 0.29) is 17.6 Å². The van der Waals surface area contributed by atoms with E-state index < -0.39 is 10.0 Å². The Morgan fingerprint density at radius 3 is 2.92 bits per heavy atom. The van der Waals surface area contributed by atoms with E-state index >= 15 is 0 Å². The molecule has 1 amide bonds. The van der Waals surface area contributed by atoms with Crippen molar-refractivity contribution in [1.29, 1.82) is 0 Å². The van der Waals surface area contributed by atoms with Crippen molar-refractivity contribution in [2.45, 2.75) is 24.0 Å². The maximum absolute atomic E-state index is 12.7. The predicted molar refractivity (Wildman–Crippen MR) is 91.6 cm³/mol. The SMILES string of the molecule is Cc1ccc(S(=O)(=O)N2CCC[C@H](CNC(=O)c3ccco3)C2)s1. The number of furan rings is 1. The number of nitrogens with zero attached hydrogens (tertiary/aromatic N) is 1. The molecule has 1 N–H and O–H groups in total. The van der Waals surface area contributed by atoms with E-state index in [0.29, 0.717) is 23.8 Å². The monoisotopic (exact) mass is 368 g/mol. The second-order valence-electron chi connectivity index (χ2n) is 5.92. The van der Waals surface area contributed by atoms with Gasteiger partial charge >= 0.3 is 0 Å². The van der Waals surface area contributed by atoms with Crippen LogP contribution < -0.4 is 5.32 Å². The summed E-state index contributed by atoms with van der Waals surface area (Å²) in [7, 11) is -3.44. The molecule has 0 radical (unpaired) electrons. The maximum Gasteiger partial charge on any atom is 0.286 e. The lowest BCUT2D eigenvalue weighted by molar-refractivity contribution is 0.0914. The van der Waals surface area contributed by atoms with Crippen LogP contribution in [0.15, 0.2) is 39.2 Å². The zero-order valence-electron chi connectivity index (χ0n) is 13.4. The normalized spacial score (nSPS) is 19.3. The fourth-order valence-corrected chi connectivity index (χ4v) is 5.81. The minimum Gasteiger partial charge on any atom is -0.459 e. The molecule has 1 fully saturated rings. The molecule has 130 valence electrons. The van der Waals surface area contributed by atoms with E-state index in [0.717, 1.165) is 17.7 Å². The minimum absolute atomic E-state index is 0.105. The van der Waals surface area contributed by atoms with Crippen LogP contribution >= 0.6 is 11.3 Å². The number of aryl methyl sites for hydroxylation is 1. The standard InChI is InChI=1S/C16H20N2O4S2/c1-12-6-7-15(23-12)24(20,21)18-8-2-4-13(11-18)10-17-16(19)14-5-3-9-22-14/h3,5-7,9,13H,2,4,8,10-11H2,1H3,(H,17,19)/t13-/m1/s1. The predicted octanol–water partition coefficient (Wildman–Crippen LogP) is 2.48. The molecule has 2 aromatic heterocycles. The molecule has 6 nitrogen and oxygen atoms in total. The summed E-state index contributed by atoms with van der Waals surface area (Å²) in [5, 5.41) is 2.82. The van der Waals surface area contributed by atoms with Crippen LogP contribution in [-0.4, -0.2) is 38.3 Å². The molecular formula is C16H20N2O4S2. The van der Waals surface area contributed by atoms with Gasteiger partial charge in [-0.3, -0.25) is 4.79 Å². The average Bonchev–Trinajstić information content (AvgIpc) is 3.24. The van der Waals surface area contributed by atoms with Crippen LogP contribution in [0.25, 0.3) is 0 Å². The highest BCUT2D eigenvalue weighted by molar-refractivity contribution is 7.91. The number of hydrogen-bond donors (Lipinski definition) is 1.